The van der Waals surface area contributed by atoms with E-state index in [1.165, 1.54) is 29.7 Å². The van der Waals surface area contributed by atoms with Crippen molar-refractivity contribution in [2.45, 2.75) is 38.1 Å². The number of hydrogen-bond donors (Lipinski definition) is 1. The number of nitrogens with one attached hydrogen (secondary N) is 1. The fourth-order valence-electron chi connectivity index (χ4n) is 3.13. The Morgan fingerprint density at radius 2 is 2.32 bits per heavy atom. The van der Waals surface area contributed by atoms with Crippen molar-refractivity contribution in [3.8, 4) is 0 Å². The van der Waals surface area contributed by atoms with E-state index in [9.17, 15) is 4.79 Å². The van der Waals surface area contributed by atoms with Crippen LogP contribution >= 0.6 is 23.7 Å². The Bertz CT molecular complexity index is 439. The van der Waals surface area contributed by atoms with Gasteiger partial charge >= 0.3 is 0 Å². The highest BCUT2D eigenvalue weighted by Gasteiger charge is 2.30. The Balaban J connectivity index is 0.00000133. The summed E-state index contributed by atoms with van der Waals surface area (Å²) >= 11 is 1.73. The number of fused-ring (bicyclic) bond motifs is 1. The molecule has 1 aromatic heterocycles. The van der Waals surface area contributed by atoms with Gasteiger partial charge in [-0.25, -0.2) is 0 Å². The average molecular weight is 301 g/mol. The number of amides is 1. The summed E-state index contributed by atoms with van der Waals surface area (Å²) in [6.45, 7) is 1.84. The smallest absolute Gasteiger partial charge is 0.264 e. The highest BCUT2D eigenvalue weighted by atomic mass is 35.5. The third-order valence-corrected chi connectivity index (χ3v) is 5.26. The first kappa shape index (κ1) is 14.8. The molecule has 0 radical (unpaired) electrons. The van der Waals surface area contributed by atoms with Crippen LogP contribution in [0.1, 0.15) is 39.4 Å². The predicted molar refractivity (Wildman–Crippen MR) is 81.6 cm³/mol. The van der Waals surface area contributed by atoms with Gasteiger partial charge in [0.25, 0.3) is 5.91 Å². The summed E-state index contributed by atoms with van der Waals surface area (Å²) in [7, 11) is 1.96. The van der Waals surface area contributed by atoms with Crippen LogP contribution in [0.15, 0.2) is 6.07 Å². The molecule has 0 saturated carbocycles. The molecule has 3 nitrogen and oxygen atoms in total. The van der Waals surface area contributed by atoms with Crippen LogP contribution in [-0.2, 0) is 12.8 Å². The van der Waals surface area contributed by atoms with Crippen LogP contribution in [0.2, 0.25) is 0 Å². The number of likely N-dealkylation sites (tertiary alicyclic amines) is 1. The number of rotatable bonds is 3. The molecule has 0 bridgehead atoms. The maximum atomic E-state index is 12.5. The van der Waals surface area contributed by atoms with Gasteiger partial charge in [0.15, 0.2) is 0 Å². The third kappa shape index (κ3) is 2.81. The molecule has 19 heavy (non-hydrogen) atoms. The minimum Gasteiger partial charge on any atom is -0.334 e. The van der Waals surface area contributed by atoms with Gasteiger partial charge in [0.1, 0.15) is 0 Å². The second-order valence-corrected chi connectivity index (χ2v) is 6.40. The molecule has 1 atom stereocenters. The number of likely N-dealkylation sites (N-methyl/N-ethyl adjacent to an activating group) is 1. The van der Waals surface area contributed by atoms with Gasteiger partial charge < -0.3 is 10.2 Å². The minimum atomic E-state index is 0. The largest absolute Gasteiger partial charge is 0.334 e. The second-order valence-electron chi connectivity index (χ2n) is 5.26. The maximum absolute atomic E-state index is 12.5. The van der Waals surface area contributed by atoms with Gasteiger partial charge in [0.2, 0.25) is 0 Å². The lowest BCUT2D eigenvalue weighted by Gasteiger charge is -2.23. The van der Waals surface area contributed by atoms with Crippen molar-refractivity contribution in [1.82, 2.24) is 10.2 Å². The molecule has 1 unspecified atom stereocenters. The fraction of sp³-hybridized carbons (Fsp3) is 0.643. The standard InChI is InChI=1S/C14H20N2OS.ClH/c1-15-9-11-5-3-7-16(11)14(17)13-8-10-4-2-6-12(10)18-13;/h8,11,15H,2-7,9H2,1H3;1H. The number of aryl methyl sites for hydroxylation is 2. The summed E-state index contributed by atoms with van der Waals surface area (Å²) in [6, 6.07) is 2.53. The molecular formula is C14H21ClN2OS. The van der Waals surface area contributed by atoms with E-state index in [2.05, 4.69) is 16.3 Å². The van der Waals surface area contributed by atoms with Gasteiger partial charge in [-0.15, -0.1) is 23.7 Å². The van der Waals surface area contributed by atoms with Crippen molar-refractivity contribution >= 4 is 29.7 Å². The van der Waals surface area contributed by atoms with Crippen LogP contribution in [0, 0.1) is 0 Å². The van der Waals surface area contributed by atoms with E-state index in [0.29, 0.717) is 6.04 Å². The lowest BCUT2D eigenvalue weighted by Crippen LogP contribution is -2.40. The molecule has 3 rings (SSSR count). The van der Waals surface area contributed by atoms with Gasteiger partial charge in [-0.1, -0.05) is 0 Å². The zero-order valence-corrected chi connectivity index (χ0v) is 12.9. The first-order chi connectivity index (χ1) is 8.79. The average Bonchev–Trinajstić information content (AvgIpc) is 3.02. The number of halogens is 1. The minimum absolute atomic E-state index is 0. The zero-order chi connectivity index (χ0) is 12.5. The third-order valence-electron chi connectivity index (χ3n) is 4.04. The van der Waals surface area contributed by atoms with Crippen LogP contribution < -0.4 is 5.32 Å². The lowest BCUT2D eigenvalue weighted by molar-refractivity contribution is 0.0742. The van der Waals surface area contributed by atoms with Crippen LogP contribution in [0.5, 0.6) is 0 Å². The quantitative estimate of drug-likeness (QED) is 0.930. The lowest BCUT2D eigenvalue weighted by atomic mass is 10.2. The Morgan fingerprint density at radius 3 is 3.05 bits per heavy atom. The molecule has 5 heteroatoms. The molecule has 1 amide bonds. The Hall–Kier alpha value is -0.580. The molecule has 1 aliphatic carbocycles. The van der Waals surface area contributed by atoms with E-state index >= 15 is 0 Å². The summed E-state index contributed by atoms with van der Waals surface area (Å²) in [5.74, 6) is 0.257. The van der Waals surface area contributed by atoms with E-state index in [0.717, 1.165) is 30.8 Å². The summed E-state index contributed by atoms with van der Waals surface area (Å²) in [6.07, 6.45) is 5.88. The van der Waals surface area contributed by atoms with Gasteiger partial charge in [-0.2, -0.15) is 0 Å². The van der Waals surface area contributed by atoms with Gasteiger partial charge in [0, 0.05) is 24.0 Å². The summed E-state index contributed by atoms with van der Waals surface area (Å²) < 4.78 is 0. The molecule has 1 aliphatic heterocycles. The van der Waals surface area contributed by atoms with Crippen LogP contribution in [-0.4, -0.2) is 37.0 Å². The Labute approximate surface area is 124 Å². The fourth-order valence-corrected chi connectivity index (χ4v) is 4.34. The highest BCUT2D eigenvalue weighted by Crippen LogP contribution is 2.32. The topological polar surface area (TPSA) is 32.3 Å². The van der Waals surface area contributed by atoms with Crippen LogP contribution in [0.4, 0.5) is 0 Å². The number of thiophene rings is 1. The van der Waals surface area contributed by atoms with Crippen molar-refractivity contribution < 1.29 is 4.79 Å². The molecule has 106 valence electrons. The number of nitrogens with zero attached hydrogens (tertiary/aromatic N) is 1. The van der Waals surface area contributed by atoms with E-state index in [4.69, 9.17) is 0 Å². The van der Waals surface area contributed by atoms with Crippen molar-refractivity contribution in [2.24, 2.45) is 0 Å². The molecule has 0 spiro atoms. The molecule has 2 aliphatic rings. The first-order valence-corrected chi connectivity index (χ1v) is 7.68. The van der Waals surface area contributed by atoms with E-state index < -0.39 is 0 Å². The SMILES string of the molecule is CNCC1CCCN1C(=O)c1cc2c(s1)CCC2.Cl. The Kier molecular flexibility index (Phi) is 4.87. The van der Waals surface area contributed by atoms with Gasteiger partial charge in [-0.05, 0) is 50.8 Å². The van der Waals surface area contributed by atoms with Gasteiger partial charge in [-0.3, -0.25) is 4.79 Å². The molecule has 1 saturated heterocycles. The highest BCUT2D eigenvalue weighted by molar-refractivity contribution is 7.14. The summed E-state index contributed by atoms with van der Waals surface area (Å²) in [5, 5.41) is 3.19. The first-order valence-electron chi connectivity index (χ1n) is 6.86. The van der Waals surface area contributed by atoms with Crippen LogP contribution in [0.25, 0.3) is 0 Å². The van der Waals surface area contributed by atoms with Crippen molar-refractivity contribution in [3.63, 3.8) is 0 Å². The number of carbonyl (C=O) groups is 1. The van der Waals surface area contributed by atoms with Crippen molar-refractivity contribution in [1.29, 1.82) is 0 Å². The second kappa shape index (κ2) is 6.25. The van der Waals surface area contributed by atoms with Crippen LogP contribution in [0.3, 0.4) is 0 Å². The van der Waals surface area contributed by atoms with E-state index in [-0.39, 0.29) is 18.3 Å². The molecular weight excluding hydrogens is 280 g/mol. The molecule has 2 heterocycles. The van der Waals surface area contributed by atoms with E-state index in [1.54, 1.807) is 11.3 Å². The zero-order valence-electron chi connectivity index (χ0n) is 11.3. The monoisotopic (exact) mass is 300 g/mol. The van der Waals surface area contributed by atoms with E-state index in [1.807, 2.05) is 7.05 Å². The normalized spacial score (nSPS) is 21.3. The molecule has 1 N–H and O–H groups in total. The van der Waals surface area contributed by atoms with Crippen molar-refractivity contribution in [3.05, 3.63) is 21.4 Å². The summed E-state index contributed by atoms with van der Waals surface area (Å²) in [4.78, 5) is 17.0. The summed E-state index contributed by atoms with van der Waals surface area (Å²) in [5.41, 5.74) is 1.42. The number of carbonyl (C=O) groups excluding carboxylic acids is 1. The van der Waals surface area contributed by atoms with Crippen molar-refractivity contribution in [2.75, 3.05) is 20.1 Å². The predicted octanol–water partition coefficient (Wildman–Crippen LogP) is 2.48. The number of hydrogen-bond acceptors (Lipinski definition) is 3. The molecule has 1 aromatic rings. The molecule has 1 fully saturated rings. The maximum Gasteiger partial charge on any atom is 0.264 e. The Morgan fingerprint density at radius 1 is 1.47 bits per heavy atom. The molecule has 0 aromatic carbocycles. The van der Waals surface area contributed by atoms with Gasteiger partial charge in [0.05, 0.1) is 4.88 Å².